The lowest BCUT2D eigenvalue weighted by Gasteiger charge is -2.18. The van der Waals surface area contributed by atoms with Gasteiger partial charge in [-0.05, 0) is 62.6 Å². The summed E-state index contributed by atoms with van der Waals surface area (Å²) in [6, 6.07) is 11.9. The number of carbonyl (C=O) groups excluding carboxylic acids is 2. The van der Waals surface area contributed by atoms with Crippen LogP contribution in [-0.4, -0.2) is 42.9 Å². The van der Waals surface area contributed by atoms with E-state index in [0.29, 0.717) is 16.6 Å². The van der Waals surface area contributed by atoms with Crippen LogP contribution in [0.15, 0.2) is 49.1 Å². The van der Waals surface area contributed by atoms with Gasteiger partial charge in [0.15, 0.2) is 0 Å². The third-order valence-electron chi connectivity index (χ3n) is 6.06. The molecule has 0 radical (unpaired) electrons. The van der Waals surface area contributed by atoms with Crippen LogP contribution in [0, 0.1) is 6.92 Å². The zero-order valence-electron chi connectivity index (χ0n) is 18.9. The molecule has 0 aliphatic carbocycles. The van der Waals surface area contributed by atoms with E-state index in [0.717, 1.165) is 35.5 Å². The summed E-state index contributed by atoms with van der Waals surface area (Å²) in [7, 11) is 1.82. The van der Waals surface area contributed by atoms with Gasteiger partial charge >= 0.3 is 0 Å². The number of amides is 2. The number of nitrogens with zero attached hydrogens (tertiary/aromatic N) is 2. The van der Waals surface area contributed by atoms with Crippen molar-refractivity contribution >= 4 is 46.4 Å². The Hall–Kier alpha value is -2.50. The summed E-state index contributed by atoms with van der Waals surface area (Å²) in [6.07, 6.45) is 2.28. The summed E-state index contributed by atoms with van der Waals surface area (Å²) in [5, 5.41) is 4.75. The topological polar surface area (TPSA) is 52.7 Å². The molecule has 7 heteroatoms. The monoisotopic (exact) mass is 473 g/mol. The SMILES string of the molecule is C=CC(=O)N1CCC(Nc2ccc3c(c2)N(C)C(=O)C3(C)C)C1.Cc1cccc(Cl)c1Cl. The minimum Gasteiger partial charge on any atom is -0.380 e. The average Bonchev–Trinajstić information content (AvgIpc) is 3.30. The van der Waals surface area contributed by atoms with Crippen LogP contribution in [0.1, 0.15) is 31.4 Å². The highest BCUT2D eigenvalue weighted by Gasteiger charge is 2.42. The molecule has 1 fully saturated rings. The van der Waals surface area contributed by atoms with Crippen molar-refractivity contribution in [3.8, 4) is 0 Å². The largest absolute Gasteiger partial charge is 0.380 e. The summed E-state index contributed by atoms with van der Waals surface area (Å²) in [6.45, 7) is 10.8. The zero-order chi connectivity index (χ0) is 23.6. The van der Waals surface area contributed by atoms with Crippen LogP contribution >= 0.6 is 23.2 Å². The number of halogens is 2. The molecule has 2 aliphatic heterocycles. The van der Waals surface area contributed by atoms with Crippen LogP contribution in [0.25, 0.3) is 0 Å². The van der Waals surface area contributed by atoms with Crippen LogP contribution in [0.2, 0.25) is 10.0 Å². The van der Waals surface area contributed by atoms with E-state index in [1.807, 2.05) is 58.2 Å². The Morgan fingerprint density at radius 3 is 2.59 bits per heavy atom. The molecule has 0 spiro atoms. The standard InChI is InChI=1S/C18H23N3O2.C7H6Cl2/c1-5-16(22)21-9-8-13(11-21)19-12-6-7-14-15(10-12)20(4)17(23)18(14,2)3;1-5-3-2-4-6(8)7(5)9/h5-7,10,13,19H,1,8-9,11H2,2-4H3;2-4H,1H3. The quantitative estimate of drug-likeness (QED) is 0.603. The molecule has 2 aromatic carbocycles. The molecule has 2 aromatic rings. The Morgan fingerprint density at radius 2 is 1.97 bits per heavy atom. The van der Waals surface area contributed by atoms with E-state index in [2.05, 4.69) is 11.9 Å². The van der Waals surface area contributed by atoms with Crippen molar-refractivity contribution in [1.82, 2.24) is 4.90 Å². The van der Waals surface area contributed by atoms with Crippen LogP contribution in [-0.2, 0) is 15.0 Å². The van der Waals surface area contributed by atoms with Gasteiger partial charge in [0.25, 0.3) is 0 Å². The normalized spacial score (nSPS) is 18.7. The predicted molar refractivity (Wildman–Crippen MR) is 133 cm³/mol. The summed E-state index contributed by atoms with van der Waals surface area (Å²) < 4.78 is 0. The van der Waals surface area contributed by atoms with Gasteiger partial charge in [-0.2, -0.15) is 0 Å². The second-order valence-electron chi connectivity index (χ2n) is 8.71. The van der Waals surface area contributed by atoms with E-state index >= 15 is 0 Å². The van der Waals surface area contributed by atoms with E-state index in [9.17, 15) is 9.59 Å². The number of carbonyl (C=O) groups is 2. The van der Waals surface area contributed by atoms with E-state index in [4.69, 9.17) is 23.2 Å². The van der Waals surface area contributed by atoms with E-state index < -0.39 is 5.41 Å². The van der Waals surface area contributed by atoms with Crippen molar-refractivity contribution in [2.75, 3.05) is 30.4 Å². The maximum Gasteiger partial charge on any atom is 0.246 e. The molecule has 1 N–H and O–H groups in total. The van der Waals surface area contributed by atoms with Crippen LogP contribution < -0.4 is 10.2 Å². The minimum absolute atomic E-state index is 0.0182. The number of aryl methyl sites for hydroxylation is 1. The molecule has 2 aliphatic rings. The number of rotatable bonds is 3. The van der Waals surface area contributed by atoms with Crippen LogP contribution in [0.5, 0.6) is 0 Å². The number of likely N-dealkylation sites (tertiary alicyclic amines) is 1. The Bertz CT molecular complexity index is 1030. The van der Waals surface area contributed by atoms with Crippen molar-refractivity contribution in [2.24, 2.45) is 0 Å². The van der Waals surface area contributed by atoms with Gasteiger partial charge in [-0.15, -0.1) is 0 Å². The second-order valence-corrected chi connectivity index (χ2v) is 9.50. The Morgan fingerprint density at radius 1 is 1.25 bits per heavy atom. The number of nitrogens with one attached hydrogen (secondary N) is 1. The minimum atomic E-state index is -0.469. The first-order valence-corrected chi connectivity index (χ1v) is 11.3. The van der Waals surface area contributed by atoms with Crippen molar-refractivity contribution in [2.45, 2.75) is 38.6 Å². The van der Waals surface area contributed by atoms with Crippen molar-refractivity contribution in [3.05, 3.63) is 70.2 Å². The molecule has 1 unspecified atom stereocenters. The van der Waals surface area contributed by atoms with Gasteiger partial charge in [-0.1, -0.05) is 48.0 Å². The molecule has 32 heavy (non-hydrogen) atoms. The molecule has 2 heterocycles. The van der Waals surface area contributed by atoms with E-state index in [1.54, 1.807) is 15.9 Å². The smallest absolute Gasteiger partial charge is 0.246 e. The van der Waals surface area contributed by atoms with Gasteiger partial charge in [0.2, 0.25) is 11.8 Å². The average molecular weight is 474 g/mol. The number of fused-ring (bicyclic) bond motifs is 1. The number of anilines is 2. The first kappa shape index (κ1) is 24.1. The summed E-state index contributed by atoms with van der Waals surface area (Å²) in [4.78, 5) is 27.5. The van der Waals surface area contributed by atoms with Gasteiger partial charge in [-0.25, -0.2) is 0 Å². The predicted octanol–water partition coefficient (Wildman–Crippen LogP) is 5.44. The molecular weight excluding hydrogens is 445 g/mol. The van der Waals surface area contributed by atoms with Crippen molar-refractivity contribution in [3.63, 3.8) is 0 Å². The number of benzene rings is 2. The van der Waals surface area contributed by atoms with Crippen molar-refractivity contribution < 1.29 is 9.59 Å². The molecule has 0 aromatic heterocycles. The molecule has 0 bridgehead atoms. The molecular formula is C25H29Cl2N3O2. The number of hydrogen-bond acceptors (Lipinski definition) is 3. The Labute approximate surface area is 200 Å². The lowest BCUT2D eigenvalue weighted by Crippen LogP contribution is -2.33. The van der Waals surface area contributed by atoms with Gasteiger partial charge in [0, 0.05) is 37.6 Å². The van der Waals surface area contributed by atoms with E-state index in [1.165, 1.54) is 6.08 Å². The first-order valence-electron chi connectivity index (χ1n) is 10.6. The highest BCUT2D eigenvalue weighted by Crippen LogP contribution is 2.42. The highest BCUT2D eigenvalue weighted by atomic mass is 35.5. The molecule has 4 rings (SSSR count). The fourth-order valence-electron chi connectivity index (χ4n) is 4.13. The highest BCUT2D eigenvalue weighted by molar-refractivity contribution is 6.42. The fourth-order valence-corrected chi connectivity index (χ4v) is 4.47. The van der Waals surface area contributed by atoms with Gasteiger partial charge < -0.3 is 15.1 Å². The van der Waals surface area contributed by atoms with Gasteiger partial charge in [0.1, 0.15) is 0 Å². The van der Waals surface area contributed by atoms with Crippen LogP contribution in [0.3, 0.4) is 0 Å². The van der Waals surface area contributed by atoms with Gasteiger partial charge in [0.05, 0.1) is 15.5 Å². The molecule has 5 nitrogen and oxygen atoms in total. The third-order valence-corrected chi connectivity index (χ3v) is 6.98. The molecule has 2 amide bonds. The number of hydrogen-bond donors (Lipinski definition) is 1. The third kappa shape index (κ3) is 4.79. The molecule has 0 saturated carbocycles. The lowest BCUT2D eigenvalue weighted by molar-refractivity contribution is -0.125. The Kier molecular flexibility index (Phi) is 7.21. The van der Waals surface area contributed by atoms with Crippen molar-refractivity contribution in [1.29, 1.82) is 0 Å². The van der Waals surface area contributed by atoms with Crippen LogP contribution in [0.4, 0.5) is 11.4 Å². The zero-order valence-corrected chi connectivity index (χ0v) is 20.4. The lowest BCUT2D eigenvalue weighted by atomic mass is 9.86. The van der Waals surface area contributed by atoms with Gasteiger partial charge in [-0.3, -0.25) is 9.59 Å². The second kappa shape index (κ2) is 9.55. The molecule has 1 atom stereocenters. The number of likely N-dealkylation sites (N-methyl/N-ethyl adjacent to an activating group) is 1. The molecule has 170 valence electrons. The molecule has 1 saturated heterocycles. The Balaban J connectivity index is 0.000000269. The van der Waals surface area contributed by atoms with E-state index in [-0.39, 0.29) is 17.9 Å². The summed E-state index contributed by atoms with van der Waals surface area (Å²) >= 11 is 11.4. The fraction of sp³-hybridized carbons (Fsp3) is 0.360. The first-order chi connectivity index (χ1) is 15.1. The maximum absolute atomic E-state index is 12.3. The summed E-state index contributed by atoms with van der Waals surface area (Å²) in [5.41, 5.74) is 3.55. The summed E-state index contributed by atoms with van der Waals surface area (Å²) in [5.74, 6) is 0.101. The maximum atomic E-state index is 12.3.